The number of hydrogen-bond acceptors (Lipinski definition) is 3. The quantitative estimate of drug-likeness (QED) is 0.727. The lowest BCUT2D eigenvalue weighted by atomic mass is 9.79. The van der Waals surface area contributed by atoms with Crippen LogP contribution < -0.4 is 10.6 Å². The van der Waals surface area contributed by atoms with Crippen LogP contribution in [0.25, 0.3) is 0 Å². The molecule has 2 aromatic carbocycles. The predicted octanol–water partition coefficient (Wildman–Crippen LogP) is 2.83. The topological polar surface area (TPSA) is 61.4 Å². The molecule has 5 nitrogen and oxygen atoms in total. The second kappa shape index (κ2) is 9.51. The van der Waals surface area contributed by atoms with Crippen LogP contribution in [0.4, 0.5) is 0 Å². The van der Waals surface area contributed by atoms with Crippen LogP contribution in [0.2, 0.25) is 0 Å². The van der Waals surface area contributed by atoms with Gasteiger partial charge < -0.3 is 10.6 Å². The molecule has 1 fully saturated rings. The van der Waals surface area contributed by atoms with E-state index in [1.165, 1.54) is 5.56 Å². The molecule has 2 N–H and O–H groups in total. The summed E-state index contributed by atoms with van der Waals surface area (Å²) < 4.78 is 0. The van der Waals surface area contributed by atoms with Crippen molar-refractivity contribution in [1.82, 2.24) is 15.5 Å². The summed E-state index contributed by atoms with van der Waals surface area (Å²) in [7, 11) is 0. The Balaban J connectivity index is 1.38. The first-order valence-electron chi connectivity index (χ1n) is 9.95. The third-order valence-corrected chi connectivity index (χ3v) is 5.49. The zero-order valence-electron chi connectivity index (χ0n) is 16.5. The zero-order chi connectivity index (χ0) is 19.8. The van der Waals surface area contributed by atoms with Gasteiger partial charge in [-0.1, -0.05) is 55.5 Å². The molecule has 1 aliphatic heterocycles. The van der Waals surface area contributed by atoms with Gasteiger partial charge in [0.15, 0.2) is 0 Å². The molecule has 0 saturated carbocycles. The second-order valence-electron chi connectivity index (χ2n) is 7.70. The summed E-state index contributed by atoms with van der Waals surface area (Å²) >= 11 is 0. The molecular weight excluding hydrogens is 350 g/mol. The van der Waals surface area contributed by atoms with Crippen molar-refractivity contribution in [2.45, 2.75) is 26.3 Å². The highest BCUT2D eigenvalue weighted by Gasteiger charge is 2.36. The molecule has 3 rings (SSSR count). The van der Waals surface area contributed by atoms with E-state index in [4.69, 9.17) is 0 Å². The lowest BCUT2D eigenvalue weighted by Crippen LogP contribution is -2.48. The Morgan fingerprint density at radius 3 is 2.11 bits per heavy atom. The van der Waals surface area contributed by atoms with Gasteiger partial charge >= 0.3 is 0 Å². The minimum Gasteiger partial charge on any atom is -0.354 e. The van der Waals surface area contributed by atoms with Gasteiger partial charge in [0.05, 0.1) is 0 Å². The van der Waals surface area contributed by atoms with Crippen LogP contribution in [0.1, 0.15) is 35.7 Å². The number of carbonyl (C=O) groups is 2. The van der Waals surface area contributed by atoms with Crippen molar-refractivity contribution in [2.75, 3.05) is 26.2 Å². The molecule has 0 spiro atoms. The van der Waals surface area contributed by atoms with Crippen LogP contribution in [0, 0.1) is 5.41 Å². The van der Waals surface area contributed by atoms with Crippen LogP contribution in [0.3, 0.4) is 0 Å². The lowest BCUT2D eigenvalue weighted by Gasteiger charge is -2.38. The molecule has 0 bridgehead atoms. The minimum absolute atomic E-state index is 0.0841. The van der Waals surface area contributed by atoms with Gasteiger partial charge in [-0.05, 0) is 43.6 Å². The number of hydrogen-bond donors (Lipinski definition) is 2. The standard InChI is InChI=1S/C23H29N3O2/c1-23(12-16-26(17-13-23)18-19-8-4-2-5-9-19)22(28)25-15-14-24-21(27)20-10-6-3-7-11-20/h2-11H,12-18H2,1H3,(H,24,27)(H,25,28). The van der Waals surface area contributed by atoms with Crippen molar-refractivity contribution in [3.63, 3.8) is 0 Å². The maximum absolute atomic E-state index is 12.7. The van der Waals surface area contributed by atoms with Gasteiger partial charge in [-0.3, -0.25) is 14.5 Å². The fourth-order valence-electron chi connectivity index (χ4n) is 3.53. The van der Waals surface area contributed by atoms with E-state index in [0.717, 1.165) is 32.5 Å². The van der Waals surface area contributed by atoms with Gasteiger partial charge in [-0.25, -0.2) is 0 Å². The molecule has 0 unspecified atom stereocenters. The van der Waals surface area contributed by atoms with Crippen molar-refractivity contribution in [3.05, 3.63) is 71.8 Å². The zero-order valence-corrected chi connectivity index (χ0v) is 16.5. The summed E-state index contributed by atoms with van der Waals surface area (Å²) in [5, 5.41) is 5.83. The fourth-order valence-corrected chi connectivity index (χ4v) is 3.53. The van der Waals surface area contributed by atoms with E-state index in [-0.39, 0.29) is 17.2 Å². The molecule has 0 aromatic heterocycles. The number of likely N-dealkylation sites (tertiary alicyclic amines) is 1. The van der Waals surface area contributed by atoms with Gasteiger partial charge in [0.2, 0.25) is 5.91 Å². The van der Waals surface area contributed by atoms with Crippen molar-refractivity contribution >= 4 is 11.8 Å². The molecule has 28 heavy (non-hydrogen) atoms. The summed E-state index contributed by atoms with van der Waals surface area (Å²) in [5.41, 5.74) is 1.60. The molecule has 1 heterocycles. The van der Waals surface area contributed by atoms with E-state index in [2.05, 4.69) is 39.8 Å². The maximum Gasteiger partial charge on any atom is 0.251 e. The van der Waals surface area contributed by atoms with Crippen LogP contribution in [0.5, 0.6) is 0 Å². The fraction of sp³-hybridized carbons (Fsp3) is 0.391. The first kappa shape index (κ1) is 20.1. The number of nitrogens with one attached hydrogen (secondary N) is 2. The maximum atomic E-state index is 12.7. The first-order valence-corrected chi connectivity index (χ1v) is 9.95. The van der Waals surface area contributed by atoms with Crippen molar-refractivity contribution in [2.24, 2.45) is 5.41 Å². The van der Waals surface area contributed by atoms with E-state index in [1.54, 1.807) is 12.1 Å². The SMILES string of the molecule is CC1(C(=O)NCCNC(=O)c2ccccc2)CCN(Cc2ccccc2)CC1. The van der Waals surface area contributed by atoms with Gasteiger partial charge in [-0.15, -0.1) is 0 Å². The number of piperidine rings is 1. The summed E-state index contributed by atoms with van der Waals surface area (Å²) in [6.45, 7) is 5.69. The number of nitrogens with zero attached hydrogens (tertiary/aromatic N) is 1. The van der Waals surface area contributed by atoms with Crippen LogP contribution in [0.15, 0.2) is 60.7 Å². The largest absolute Gasteiger partial charge is 0.354 e. The van der Waals surface area contributed by atoms with Crippen LogP contribution >= 0.6 is 0 Å². The van der Waals surface area contributed by atoms with Crippen LogP contribution in [-0.2, 0) is 11.3 Å². The Labute approximate surface area is 167 Å². The summed E-state index contributed by atoms with van der Waals surface area (Å²) in [6.07, 6.45) is 1.70. The predicted molar refractivity (Wildman–Crippen MR) is 111 cm³/mol. The molecule has 0 radical (unpaired) electrons. The van der Waals surface area contributed by atoms with Crippen LogP contribution in [-0.4, -0.2) is 42.9 Å². The number of carbonyl (C=O) groups excluding carboxylic acids is 2. The van der Waals surface area contributed by atoms with Gasteiger partial charge in [0.1, 0.15) is 0 Å². The molecule has 2 aromatic rings. The lowest BCUT2D eigenvalue weighted by molar-refractivity contribution is -0.132. The highest BCUT2D eigenvalue weighted by atomic mass is 16.2. The molecule has 1 aliphatic rings. The Hall–Kier alpha value is -2.66. The molecule has 0 atom stereocenters. The minimum atomic E-state index is -0.337. The smallest absolute Gasteiger partial charge is 0.251 e. The van der Waals surface area contributed by atoms with Crippen molar-refractivity contribution < 1.29 is 9.59 Å². The third-order valence-electron chi connectivity index (χ3n) is 5.49. The summed E-state index contributed by atoms with van der Waals surface area (Å²) in [6, 6.07) is 19.5. The van der Waals surface area contributed by atoms with E-state index >= 15 is 0 Å². The summed E-state index contributed by atoms with van der Waals surface area (Å²) in [5.74, 6) is -0.0314. The number of rotatable bonds is 7. The van der Waals surface area contributed by atoms with Gasteiger partial charge in [0, 0.05) is 30.6 Å². The number of amides is 2. The molecule has 2 amide bonds. The first-order chi connectivity index (χ1) is 13.6. The average molecular weight is 380 g/mol. The van der Waals surface area contributed by atoms with Gasteiger partial charge in [0.25, 0.3) is 5.91 Å². The molecule has 5 heteroatoms. The Morgan fingerprint density at radius 1 is 0.893 bits per heavy atom. The van der Waals surface area contributed by atoms with E-state index in [9.17, 15) is 9.59 Å². The molecule has 0 aliphatic carbocycles. The Morgan fingerprint density at radius 2 is 1.46 bits per heavy atom. The normalized spacial score (nSPS) is 16.3. The van der Waals surface area contributed by atoms with E-state index in [1.807, 2.05) is 31.2 Å². The Kier molecular flexibility index (Phi) is 6.82. The molecule has 1 saturated heterocycles. The van der Waals surface area contributed by atoms with Gasteiger partial charge in [-0.2, -0.15) is 0 Å². The molecule has 148 valence electrons. The monoisotopic (exact) mass is 379 g/mol. The van der Waals surface area contributed by atoms with E-state index in [0.29, 0.717) is 18.7 Å². The Bertz CT molecular complexity index is 769. The van der Waals surface area contributed by atoms with Crippen molar-refractivity contribution in [3.8, 4) is 0 Å². The summed E-state index contributed by atoms with van der Waals surface area (Å²) in [4.78, 5) is 27.1. The molecular formula is C23H29N3O2. The average Bonchev–Trinajstić information content (AvgIpc) is 2.74. The highest BCUT2D eigenvalue weighted by molar-refractivity contribution is 5.94. The number of benzene rings is 2. The second-order valence-corrected chi connectivity index (χ2v) is 7.70. The van der Waals surface area contributed by atoms with E-state index < -0.39 is 0 Å². The van der Waals surface area contributed by atoms with Crippen molar-refractivity contribution in [1.29, 1.82) is 0 Å². The third kappa shape index (κ3) is 5.42. The highest BCUT2D eigenvalue weighted by Crippen LogP contribution is 2.31.